The lowest BCUT2D eigenvalue weighted by atomic mass is 9.96. The van der Waals surface area contributed by atoms with E-state index in [2.05, 4.69) is 0 Å². The second-order valence-corrected chi connectivity index (χ2v) is 10.9. The van der Waals surface area contributed by atoms with Gasteiger partial charge in [0.25, 0.3) is 0 Å². The second-order valence-electron chi connectivity index (χ2n) is 9.02. The van der Waals surface area contributed by atoms with Crippen LogP contribution in [0.4, 0.5) is 0 Å². The van der Waals surface area contributed by atoms with Crippen LogP contribution < -0.4 is 0 Å². The molecular weight excluding hydrogens is 384 g/mol. The van der Waals surface area contributed by atoms with E-state index in [1.807, 2.05) is 55.4 Å². The molecule has 0 aliphatic heterocycles. The summed E-state index contributed by atoms with van der Waals surface area (Å²) in [5, 5.41) is 20.9. The highest BCUT2D eigenvalue weighted by molar-refractivity contribution is 7.91. The van der Waals surface area contributed by atoms with Crippen molar-refractivity contribution in [2.75, 3.05) is 0 Å². The molecule has 5 heteroatoms. The maximum atomic E-state index is 13.9. The average Bonchev–Trinajstić information content (AvgIpc) is 2.59. The van der Waals surface area contributed by atoms with Crippen LogP contribution in [0, 0.1) is 0 Å². The second kappa shape index (κ2) is 8.39. The fraction of sp³-hybridized carbons (Fsp3) is 0.500. The first-order valence-electron chi connectivity index (χ1n) is 10.3. The Morgan fingerprint density at radius 2 is 0.828 bits per heavy atom. The minimum absolute atomic E-state index is 0.0132. The van der Waals surface area contributed by atoms with E-state index in [0.717, 1.165) is 0 Å². The SMILES string of the molecule is CC(C)c1cc(S(=O)(=O)c2cc(C(C)C)c(O)cc2C(C)C)c(C(C)C)cc1O. The van der Waals surface area contributed by atoms with Crippen molar-refractivity contribution in [1.82, 2.24) is 0 Å². The zero-order chi connectivity index (χ0) is 22.3. The lowest BCUT2D eigenvalue weighted by Gasteiger charge is -2.22. The molecule has 0 aromatic heterocycles. The number of phenolic OH excluding ortho intramolecular Hbond substituents is 2. The van der Waals surface area contributed by atoms with Gasteiger partial charge in [-0.15, -0.1) is 0 Å². The topological polar surface area (TPSA) is 74.6 Å². The van der Waals surface area contributed by atoms with Crippen LogP contribution in [0.1, 0.15) is 101 Å². The zero-order valence-corrected chi connectivity index (χ0v) is 19.6. The first-order valence-corrected chi connectivity index (χ1v) is 11.8. The summed E-state index contributed by atoms with van der Waals surface area (Å²) in [6.07, 6.45) is 0. The van der Waals surface area contributed by atoms with E-state index >= 15 is 0 Å². The van der Waals surface area contributed by atoms with E-state index < -0.39 is 9.84 Å². The molecule has 0 aliphatic carbocycles. The van der Waals surface area contributed by atoms with Crippen molar-refractivity contribution in [2.45, 2.75) is 88.9 Å². The molecule has 0 spiro atoms. The Hall–Kier alpha value is -2.01. The third-order valence-electron chi connectivity index (χ3n) is 5.39. The van der Waals surface area contributed by atoms with Crippen LogP contribution >= 0.6 is 0 Å². The summed E-state index contributed by atoms with van der Waals surface area (Å²) in [6, 6.07) is 6.42. The number of hydrogen-bond acceptors (Lipinski definition) is 4. The van der Waals surface area contributed by atoms with Crippen LogP contribution in [-0.4, -0.2) is 18.6 Å². The van der Waals surface area contributed by atoms with Gasteiger partial charge in [0.1, 0.15) is 11.5 Å². The van der Waals surface area contributed by atoms with Crippen LogP contribution in [0.2, 0.25) is 0 Å². The molecule has 0 radical (unpaired) electrons. The first-order chi connectivity index (χ1) is 13.3. The fourth-order valence-corrected chi connectivity index (χ4v) is 5.62. The third-order valence-corrected chi connectivity index (χ3v) is 7.25. The summed E-state index contributed by atoms with van der Waals surface area (Å²) in [7, 11) is -3.86. The summed E-state index contributed by atoms with van der Waals surface area (Å²) >= 11 is 0. The van der Waals surface area contributed by atoms with Gasteiger partial charge in [-0.2, -0.15) is 0 Å². The number of rotatable bonds is 6. The number of aromatic hydroxyl groups is 2. The van der Waals surface area contributed by atoms with Crippen molar-refractivity contribution in [3.8, 4) is 11.5 Å². The molecule has 4 nitrogen and oxygen atoms in total. The van der Waals surface area contributed by atoms with Crippen molar-refractivity contribution in [3.05, 3.63) is 46.5 Å². The Kier molecular flexibility index (Phi) is 6.73. The Labute approximate surface area is 175 Å². The molecule has 0 aliphatic rings. The van der Waals surface area contributed by atoms with E-state index in [0.29, 0.717) is 22.3 Å². The van der Waals surface area contributed by atoms with Gasteiger partial charge < -0.3 is 10.2 Å². The standard InChI is InChI=1S/C24H34O4S/c1-13(2)17-11-23(19(15(5)6)9-21(17)25)29(27,28)24-12-18(14(3)4)22(26)10-20(24)16(7)8/h9-16,25-26H,1-8H3. The first kappa shape index (κ1) is 23.3. The molecule has 0 heterocycles. The van der Waals surface area contributed by atoms with E-state index in [1.165, 1.54) is 0 Å². The summed E-state index contributed by atoms with van der Waals surface area (Å²) in [6.45, 7) is 15.4. The summed E-state index contributed by atoms with van der Waals surface area (Å²) in [5.41, 5.74) is 2.42. The van der Waals surface area contributed by atoms with Crippen LogP contribution in [0.15, 0.2) is 34.1 Å². The summed E-state index contributed by atoms with van der Waals surface area (Å²) < 4.78 is 27.8. The van der Waals surface area contributed by atoms with Gasteiger partial charge in [-0.05, 0) is 70.2 Å². The Morgan fingerprint density at radius 3 is 1.07 bits per heavy atom. The highest BCUT2D eigenvalue weighted by atomic mass is 32.2. The van der Waals surface area contributed by atoms with Gasteiger partial charge in [0.05, 0.1) is 9.79 Å². The zero-order valence-electron chi connectivity index (χ0n) is 18.7. The van der Waals surface area contributed by atoms with Crippen LogP contribution in [0.5, 0.6) is 11.5 Å². The Morgan fingerprint density at radius 1 is 0.552 bits per heavy atom. The van der Waals surface area contributed by atoms with Crippen molar-refractivity contribution in [1.29, 1.82) is 0 Å². The van der Waals surface area contributed by atoms with Gasteiger partial charge in [0.2, 0.25) is 9.84 Å². The van der Waals surface area contributed by atoms with Gasteiger partial charge in [-0.3, -0.25) is 0 Å². The van der Waals surface area contributed by atoms with Crippen molar-refractivity contribution in [2.24, 2.45) is 0 Å². The fourth-order valence-electron chi connectivity index (χ4n) is 3.61. The molecule has 0 amide bonds. The van der Waals surface area contributed by atoms with Crippen LogP contribution in [0.3, 0.4) is 0 Å². The lowest BCUT2D eigenvalue weighted by molar-refractivity contribution is 0.462. The molecule has 2 aromatic carbocycles. The molecule has 29 heavy (non-hydrogen) atoms. The van der Waals surface area contributed by atoms with E-state index in [4.69, 9.17) is 0 Å². The van der Waals surface area contributed by atoms with Gasteiger partial charge in [0.15, 0.2) is 0 Å². The van der Waals surface area contributed by atoms with E-state index in [9.17, 15) is 18.6 Å². The largest absolute Gasteiger partial charge is 0.508 e. The molecule has 160 valence electrons. The van der Waals surface area contributed by atoms with Crippen molar-refractivity contribution < 1.29 is 18.6 Å². The number of phenols is 2. The molecule has 2 rings (SSSR count). The van der Waals surface area contributed by atoms with Gasteiger partial charge in [-0.25, -0.2) is 8.42 Å². The molecule has 0 atom stereocenters. The molecular formula is C24H34O4S. The lowest BCUT2D eigenvalue weighted by Crippen LogP contribution is -2.12. The van der Waals surface area contributed by atoms with Crippen LogP contribution in [0.25, 0.3) is 0 Å². The molecule has 0 unspecified atom stereocenters. The van der Waals surface area contributed by atoms with Crippen molar-refractivity contribution in [3.63, 3.8) is 0 Å². The molecule has 0 saturated carbocycles. The molecule has 0 saturated heterocycles. The molecule has 2 aromatic rings. The number of sulfone groups is 1. The highest BCUT2D eigenvalue weighted by Gasteiger charge is 2.29. The van der Waals surface area contributed by atoms with Gasteiger partial charge in [0, 0.05) is 0 Å². The van der Waals surface area contributed by atoms with E-state index in [1.54, 1.807) is 24.3 Å². The summed E-state index contributed by atoms with van der Waals surface area (Å²) in [5.74, 6) is 0.0781. The highest BCUT2D eigenvalue weighted by Crippen LogP contribution is 2.41. The molecule has 0 fully saturated rings. The predicted molar refractivity (Wildman–Crippen MR) is 118 cm³/mol. The Bertz CT molecular complexity index is 925. The van der Waals surface area contributed by atoms with Gasteiger partial charge in [-0.1, -0.05) is 55.4 Å². The minimum atomic E-state index is -3.86. The third kappa shape index (κ3) is 4.45. The van der Waals surface area contributed by atoms with Gasteiger partial charge >= 0.3 is 0 Å². The summed E-state index contributed by atoms with van der Waals surface area (Å²) in [4.78, 5) is 0.465. The number of hydrogen-bond donors (Lipinski definition) is 2. The minimum Gasteiger partial charge on any atom is -0.508 e. The van der Waals surface area contributed by atoms with Crippen LogP contribution in [-0.2, 0) is 9.84 Å². The maximum absolute atomic E-state index is 13.9. The monoisotopic (exact) mass is 418 g/mol. The predicted octanol–water partition coefficient (Wildman–Crippen LogP) is 6.42. The molecule has 0 bridgehead atoms. The average molecular weight is 419 g/mol. The Balaban J connectivity index is 2.92. The number of benzene rings is 2. The quantitative estimate of drug-likeness (QED) is 0.567. The maximum Gasteiger partial charge on any atom is 0.207 e. The molecule has 2 N–H and O–H groups in total. The normalized spacial score (nSPS) is 12.6. The smallest absolute Gasteiger partial charge is 0.207 e. The van der Waals surface area contributed by atoms with Crippen molar-refractivity contribution >= 4 is 9.84 Å². The van der Waals surface area contributed by atoms with E-state index in [-0.39, 0.29) is 45.0 Å².